The largest absolute Gasteiger partial charge is 0.497 e. The molecular formula is C25H26BF3N4O3. The predicted molar refractivity (Wildman–Crippen MR) is 130 cm³/mol. The third-order valence-corrected chi connectivity index (χ3v) is 6.87. The van der Waals surface area contributed by atoms with E-state index in [1.54, 1.807) is 36.5 Å². The third kappa shape index (κ3) is 4.26. The van der Waals surface area contributed by atoms with Crippen molar-refractivity contribution in [2.45, 2.75) is 51.6 Å². The highest BCUT2D eigenvalue weighted by atomic mass is 19.4. The van der Waals surface area contributed by atoms with Crippen molar-refractivity contribution >= 4 is 23.5 Å². The van der Waals surface area contributed by atoms with Gasteiger partial charge in [-0.3, -0.25) is 4.68 Å². The van der Waals surface area contributed by atoms with Crippen molar-refractivity contribution in [1.82, 2.24) is 19.6 Å². The lowest BCUT2D eigenvalue weighted by Gasteiger charge is -2.32. The van der Waals surface area contributed by atoms with Crippen LogP contribution in [0.4, 0.5) is 13.2 Å². The Bertz CT molecular complexity index is 1390. The van der Waals surface area contributed by atoms with Crippen LogP contribution in [0.2, 0.25) is 0 Å². The standard InChI is InChI=1S/C25H26BF3N4O3/c1-23(2)24(3,4)36-26(35-23)19-7-6-8-20-18(19)15-33(30-20)22-13-21(25(27,28)29)32(31-22)14-16-9-11-17(34-5)12-10-16/h6-13,15H,14H2,1-5H3. The molecule has 1 saturated heterocycles. The van der Waals surface area contributed by atoms with Gasteiger partial charge in [-0.2, -0.15) is 23.4 Å². The van der Waals surface area contributed by atoms with E-state index < -0.39 is 30.2 Å². The molecule has 0 N–H and O–H groups in total. The van der Waals surface area contributed by atoms with Crippen LogP contribution in [-0.4, -0.2) is 45.0 Å². The number of ether oxygens (including phenoxy) is 1. The molecule has 4 aromatic rings. The van der Waals surface area contributed by atoms with Gasteiger partial charge in [0.1, 0.15) is 11.4 Å². The fraction of sp³-hybridized carbons (Fsp3) is 0.360. The highest BCUT2D eigenvalue weighted by molar-refractivity contribution is 6.65. The zero-order valence-corrected chi connectivity index (χ0v) is 20.6. The molecule has 1 aliphatic heterocycles. The first-order valence-corrected chi connectivity index (χ1v) is 11.5. The number of benzene rings is 2. The van der Waals surface area contributed by atoms with Gasteiger partial charge in [0.15, 0.2) is 5.82 Å². The molecule has 7 nitrogen and oxygen atoms in total. The zero-order valence-electron chi connectivity index (χ0n) is 20.6. The number of hydrogen-bond acceptors (Lipinski definition) is 5. The van der Waals surface area contributed by atoms with Crippen LogP contribution < -0.4 is 10.2 Å². The van der Waals surface area contributed by atoms with E-state index in [1.807, 2.05) is 39.8 Å². The van der Waals surface area contributed by atoms with Crippen molar-refractivity contribution in [2.24, 2.45) is 0 Å². The van der Waals surface area contributed by atoms with Crippen LogP contribution in [0.3, 0.4) is 0 Å². The topological polar surface area (TPSA) is 63.3 Å². The minimum Gasteiger partial charge on any atom is -0.497 e. The lowest BCUT2D eigenvalue weighted by molar-refractivity contribution is -0.144. The number of alkyl halides is 3. The molecule has 0 saturated carbocycles. The van der Waals surface area contributed by atoms with Crippen LogP contribution in [0.25, 0.3) is 16.7 Å². The molecule has 2 aromatic heterocycles. The lowest BCUT2D eigenvalue weighted by atomic mass is 9.77. The van der Waals surface area contributed by atoms with E-state index >= 15 is 0 Å². The van der Waals surface area contributed by atoms with Gasteiger partial charge in [0.25, 0.3) is 0 Å². The molecule has 5 rings (SSSR count). The molecular weight excluding hydrogens is 472 g/mol. The van der Waals surface area contributed by atoms with Gasteiger partial charge in [-0.25, -0.2) is 4.68 Å². The summed E-state index contributed by atoms with van der Waals surface area (Å²) >= 11 is 0. The van der Waals surface area contributed by atoms with Crippen LogP contribution in [0, 0.1) is 0 Å². The average Bonchev–Trinajstić information content (AvgIpc) is 3.47. The van der Waals surface area contributed by atoms with Crippen molar-refractivity contribution in [3.8, 4) is 11.6 Å². The summed E-state index contributed by atoms with van der Waals surface area (Å²) in [5.74, 6) is 0.684. The third-order valence-electron chi connectivity index (χ3n) is 6.87. The van der Waals surface area contributed by atoms with E-state index in [-0.39, 0.29) is 12.4 Å². The maximum atomic E-state index is 13.9. The summed E-state index contributed by atoms with van der Waals surface area (Å²) < 4.78 is 61.4. The van der Waals surface area contributed by atoms with Crippen LogP contribution in [0.1, 0.15) is 39.0 Å². The quantitative estimate of drug-likeness (QED) is 0.377. The summed E-state index contributed by atoms with van der Waals surface area (Å²) in [4.78, 5) is 0. The Balaban J connectivity index is 1.52. The van der Waals surface area contributed by atoms with Crippen molar-refractivity contribution in [3.05, 3.63) is 66.0 Å². The minimum absolute atomic E-state index is 0.0568. The Labute approximate surface area is 206 Å². The summed E-state index contributed by atoms with van der Waals surface area (Å²) in [6, 6.07) is 13.3. The monoisotopic (exact) mass is 498 g/mol. The first-order valence-electron chi connectivity index (χ1n) is 11.5. The van der Waals surface area contributed by atoms with E-state index in [1.165, 1.54) is 11.8 Å². The Morgan fingerprint density at radius 1 is 0.972 bits per heavy atom. The maximum absolute atomic E-state index is 13.9. The Hall–Kier alpha value is -3.31. The second-order valence-electron chi connectivity index (χ2n) is 9.83. The molecule has 0 radical (unpaired) electrons. The summed E-state index contributed by atoms with van der Waals surface area (Å²) in [7, 11) is 0.901. The molecule has 1 aliphatic rings. The van der Waals surface area contributed by atoms with Gasteiger partial charge in [-0.05, 0) is 56.9 Å². The van der Waals surface area contributed by atoms with Crippen molar-refractivity contribution in [1.29, 1.82) is 0 Å². The predicted octanol–water partition coefficient (Wildman–Crippen LogP) is 4.60. The fourth-order valence-corrected chi connectivity index (χ4v) is 4.13. The van der Waals surface area contributed by atoms with Crippen LogP contribution in [0.5, 0.6) is 5.75 Å². The summed E-state index contributed by atoms with van der Waals surface area (Å²) in [5.41, 5.74) is 0.0882. The van der Waals surface area contributed by atoms with Gasteiger partial charge in [0, 0.05) is 17.6 Å². The molecule has 0 bridgehead atoms. The van der Waals surface area contributed by atoms with Gasteiger partial charge >= 0.3 is 13.3 Å². The zero-order chi connectivity index (χ0) is 25.9. The minimum atomic E-state index is -4.59. The van der Waals surface area contributed by atoms with E-state index in [9.17, 15) is 13.2 Å². The molecule has 1 fully saturated rings. The molecule has 188 valence electrons. The second-order valence-corrected chi connectivity index (χ2v) is 9.83. The number of fused-ring (bicyclic) bond motifs is 1. The molecule has 0 unspecified atom stereocenters. The fourth-order valence-electron chi connectivity index (χ4n) is 4.13. The molecule has 0 amide bonds. The van der Waals surface area contributed by atoms with Gasteiger partial charge in [0.05, 0.1) is 30.4 Å². The highest BCUT2D eigenvalue weighted by Crippen LogP contribution is 2.37. The number of nitrogens with zero attached hydrogens (tertiary/aromatic N) is 4. The number of hydrogen-bond donors (Lipinski definition) is 0. The first-order chi connectivity index (χ1) is 16.9. The van der Waals surface area contributed by atoms with Gasteiger partial charge < -0.3 is 14.0 Å². The summed E-state index contributed by atoms with van der Waals surface area (Å²) in [6.07, 6.45) is -2.92. The second kappa shape index (κ2) is 8.38. The SMILES string of the molecule is COc1ccc(Cn2nc(-n3cc4c(B5OC(C)(C)C(C)(C)O5)cccc4n3)cc2C(F)(F)F)cc1. The highest BCUT2D eigenvalue weighted by Gasteiger charge is 2.52. The molecule has 11 heteroatoms. The maximum Gasteiger partial charge on any atom is 0.495 e. The van der Waals surface area contributed by atoms with Crippen LogP contribution in [-0.2, 0) is 22.0 Å². The Morgan fingerprint density at radius 2 is 1.64 bits per heavy atom. The first kappa shape index (κ1) is 24.4. The summed E-state index contributed by atoms with van der Waals surface area (Å²) in [6.45, 7) is 7.80. The average molecular weight is 498 g/mol. The number of aromatic nitrogens is 4. The van der Waals surface area contributed by atoms with Crippen molar-refractivity contribution in [3.63, 3.8) is 0 Å². The molecule has 36 heavy (non-hydrogen) atoms. The summed E-state index contributed by atoms with van der Waals surface area (Å²) in [5, 5.41) is 9.47. The van der Waals surface area contributed by atoms with E-state index in [0.717, 1.165) is 16.2 Å². The van der Waals surface area contributed by atoms with Crippen molar-refractivity contribution in [2.75, 3.05) is 7.11 Å². The number of methoxy groups -OCH3 is 1. The lowest BCUT2D eigenvalue weighted by Crippen LogP contribution is -2.41. The van der Waals surface area contributed by atoms with E-state index in [4.69, 9.17) is 14.0 Å². The Kier molecular flexibility index (Phi) is 5.68. The molecule has 0 atom stereocenters. The van der Waals surface area contributed by atoms with Crippen molar-refractivity contribution < 1.29 is 27.2 Å². The van der Waals surface area contributed by atoms with Crippen LogP contribution in [0.15, 0.2) is 54.7 Å². The number of halogens is 3. The number of rotatable bonds is 5. The van der Waals surface area contributed by atoms with Gasteiger partial charge in [-0.1, -0.05) is 24.3 Å². The molecule has 3 heterocycles. The van der Waals surface area contributed by atoms with E-state index in [2.05, 4.69) is 10.2 Å². The van der Waals surface area contributed by atoms with Gasteiger partial charge in [-0.15, -0.1) is 0 Å². The van der Waals surface area contributed by atoms with Gasteiger partial charge in [0.2, 0.25) is 0 Å². The normalized spacial score (nSPS) is 17.2. The smallest absolute Gasteiger partial charge is 0.495 e. The van der Waals surface area contributed by atoms with E-state index in [0.29, 0.717) is 22.2 Å². The molecule has 0 spiro atoms. The Morgan fingerprint density at radius 3 is 2.25 bits per heavy atom. The molecule has 0 aliphatic carbocycles. The molecule has 2 aromatic carbocycles. The van der Waals surface area contributed by atoms with Crippen LogP contribution >= 0.6 is 0 Å².